The molecule has 1 aromatic rings. The Balaban J connectivity index is 2.52. The van der Waals surface area contributed by atoms with Crippen LogP contribution in [-0.4, -0.2) is 16.4 Å². The maximum Gasteiger partial charge on any atom is 0.233 e. The molecule has 1 heterocycles. The van der Waals surface area contributed by atoms with E-state index in [1.807, 2.05) is 7.05 Å². The summed E-state index contributed by atoms with van der Waals surface area (Å²) in [5.74, 6) is 2.92. The van der Waals surface area contributed by atoms with Crippen molar-refractivity contribution in [1.29, 1.82) is 0 Å². The van der Waals surface area contributed by atoms with Crippen molar-refractivity contribution in [3.8, 4) is 18.2 Å². The van der Waals surface area contributed by atoms with Crippen molar-refractivity contribution in [2.24, 2.45) is 7.05 Å². The summed E-state index contributed by atoms with van der Waals surface area (Å²) in [5, 5.41) is 3.95. The first-order chi connectivity index (χ1) is 4.83. The predicted molar refractivity (Wildman–Crippen MR) is 37.5 cm³/mol. The molecule has 0 bridgehead atoms. The van der Waals surface area contributed by atoms with Crippen molar-refractivity contribution < 1.29 is 4.74 Å². The van der Waals surface area contributed by atoms with Crippen LogP contribution in [0.25, 0.3) is 0 Å². The first-order valence-electron chi connectivity index (χ1n) is 2.89. The number of rotatable bonds is 2. The predicted octanol–water partition coefficient (Wildman–Crippen LogP) is 0.432. The Kier molecular flexibility index (Phi) is 1.96. The minimum Gasteiger partial charge on any atom is -0.463 e. The highest BCUT2D eigenvalue weighted by Gasteiger charge is 1.92. The smallest absolute Gasteiger partial charge is 0.233 e. The highest BCUT2D eigenvalue weighted by atomic mass is 16.5. The van der Waals surface area contributed by atoms with Gasteiger partial charge in [-0.25, -0.2) is 0 Å². The summed E-state index contributed by atoms with van der Waals surface area (Å²) in [4.78, 5) is 0. The quantitative estimate of drug-likeness (QED) is 0.551. The monoisotopic (exact) mass is 136 g/mol. The second-order valence-electron chi connectivity index (χ2n) is 1.82. The van der Waals surface area contributed by atoms with E-state index in [-0.39, 0.29) is 6.61 Å². The van der Waals surface area contributed by atoms with E-state index in [2.05, 4.69) is 11.0 Å². The number of hydrogen-bond donors (Lipinski definition) is 0. The zero-order valence-corrected chi connectivity index (χ0v) is 5.74. The maximum absolute atomic E-state index is 5.01. The Morgan fingerprint density at radius 1 is 1.90 bits per heavy atom. The van der Waals surface area contributed by atoms with E-state index in [4.69, 9.17) is 11.2 Å². The Labute approximate surface area is 59.6 Å². The molecule has 0 spiro atoms. The van der Waals surface area contributed by atoms with Gasteiger partial charge in [0, 0.05) is 19.3 Å². The van der Waals surface area contributed by atoms with Gasteiger partial charge in [-0.3, -0.25) is 4.68 Å². The average molecular weight is 136 g/mol. The van der Waals surface area contributed by atoms with Crippen molar-refractivity contribution >= 4 is 0 Å². The molecule has 0 saturated heterocycles. The largest absolute Gasteiger partial charge is 0.463 e. The van der Waals surface area contributed by atoms with Crippen LogP contribution in [0.2, 0.25) is 0 Å². The fraction of sp³-hybridized carbons (Fsp3) is 0.286. The summed E-state index contributed by atoms with van der Waals surface area (Å²) in [6.07, 6.45) is 6.77. The van der Waals surface area contributed by atoms with Crippen LogP contribution in [0.5, 0.6) is 5.88 Å². The summed E-state index contributed by atoms with van der Waals surface area (Å²) in [6.45, 7) is 0.275. The van der Waals surface area contributed by atoms with Gasteiger partial charge in [0.05, 0.1) is 0 Å². The second kappa shape index (κ2) is 2.92. The van der Waals surface area contributed by atoms with Gasteiger partial charge in [0.15, 0.2) is 6.61 Å². The molecule has 1 aromatic heterocycles. The molecule has 52 valence electrons. The summed E-state index contributed by atoms with van der Waals surface area (Å²) in [5.41, 5.74) is 0. The molecule has 3 heteroatoms. The van der Waals surface area contributed by atoms with Crippen LogP contribution in [0.4, 0.5) is 0 Å². The number of terminal acetylenes is 1. The third-order valence-corrected chi connectivity index (χ3v) is 0.993. The van der Waals surface area contributed by atoms with E-state index in [0.29, 0.717) is 5.88 Å². The van der Waals surface area contributed by atoms with E-state index in [1.54, 1.807) is 16.9 Å². The van der Waals surface area contributed by atoms with E-state index in [9.17, 15) is 0 Å². The van der Waals surface area contributed by atoms with Gasteiger partial charge in [-0.1, -0.05) is 5.92 Å². The Morgan fingerprint density at radius 2 is 2.70 bits per heavy atom. The molecule has 0 aliphatic carbocycles. The molecule has 0 saturated carbocycles. The molecule has 3 nitrogen and oxygen atoms in total. The van der Waals surface area contributed by atoms with Gasteiger partial charge in [-0.15, -0.1) is 11.5 Å². The normalized spacial score (nSPS) is 8.80. The molecule has 1 rings (SSSR count). The maximum atomic E-state index is 5.01. The highest BCUT2D eigenvalue weighted by Crippen LogP contribution is 2.02. The van der Waals surface area contributed by atoms with Crippen LogP contribution in [-0.2, 0) is 7.05 Å². The minimum absolute atomic E-state index is 0.275. The van der Waals surface area contributed by atoms with Crippen molar-refractivity contribution in [2.75, 3.05) is 6.61 Å². The molecule has 0 atom stereocenters. The number of aryl methyl sites for hydroxylation is 1. The molecule has 0 aromatic carbocycles. The first-order valence-corrected chi connectivity index (χ1v) is 2.89. The molecule has 0 aliphatic rings. The van der Waals surface area contributed by atoms with Gasteiger partial charge in [-0.05, 0) is 0 Å². The molecule has 0 aliphatic heterocycles. The van der Waals surface area contributed by atoms with Crippen LogP contribution in [0.15, 0.2) is 12.3 Å². The van der Waals surface area contributed by atoms with Crippen LogP contribution >= 0.6 is 0 Å². The van der Waals surface area contributed by atoms with Crippen LogP contribution in [0.3, 0.4) is 0 Å². The van der Waals surface area contributed by atoms with Crippen LogP contribution in [0.1, 0.15) is 0 Å². The lowest BCUT2D eigenvalue weighted by Gasteiger charge is -1.93. The van der Waals surface area contributed by atoms with E-state index in [1.165, 1.54) is 0 Å². The third kappa shape index (κ3) is 1.52. The Hall–Kier alpha value is -1.43. The molecular weight excluding hydrogens is 128 g/mol. The molecule has 0 radical (unpaired) electrons. The van der Waals surface area contributed by atoms with Gasteiger partial charge < -0.3 is 4.74 Å². The van der Waals surface area contributed by atoms with Gasteiger partial charge >= 0.3 is 0 Å². The number of aromatic nitrogens is 2. The van der Waals surface area contributed by atoms with Gasteiger partial charge in [0.2, 0.25) is 5.88 Å². The fourth-order valence-electron chi connectivity index (χ4n) is 0.586. The average Bonchev–Trinajstić information content (AvgIpc) is 2.31. The second-order valence-corrected chi connectivity index (χ2v) is 1.82. The highest BCUT2D eigenvalue weighted by molar-refractivity contribution is 5.06. The van der Waals surface area contributed by atoms with Crippen LogP contribution < -0.4 is 4.74 Å². The van der Waals surface area contributed by atoms with Crippen LogP contribution in [0, 0.1) is 12.3 Å². The van der Waals surface area contributed by atoms with Gasteiger partial charge in [0.1, 0.15) is 0 Å². The van der Waals surface area contributed by atoms with Gasteiger partial charge in [-0.2, -0.15) is 0 Å². The van der Waals surface area contributed by atoms with E-state index in [0.717, 1.165) is 0 Å². The Morgan fingerprint density at radius 3 is 3.20 bits per heavy atom. The topological polar surface area (TPSA) is 27.1 Å². The van der Waals surface area contributed by atoms with Crippen molar-refractivity contribution in [1.82, 2.24) is 9.78 Å². The Bertz CT molecular complexity index is 246. The molecular formula is C7H8N2O. The summed E-state index contributed by atoms with van der Waals surface area (Å²) in [7, 11) is 1.82. The minimum atomic E-state index is 0.275. The van der Waals surface area contributed by atoms with E-state index >= 15 is 0 Å². The van der Waals surface area contributed by atoms with Crippen molar-refractivity contribution in [3.63, 3.8) is 0 Å². The van der Waals surface area contributed by atoms with Crippen molar-refractivity contribution in [2.45, 2.75) is 0 Å². The molecule has 0 fully saturated rings. The lowest BCUT2D eigenvalue weighted by molar-refractivity contribution is 0.351. The summed E-state index contributed by atoms with van der Waals surface area (Å²) in [6, 6.07) is 1.76. The standard InChI is InChI=1S/C7H8N2O/c1-3-6-10-7-4-5-9(2)8-7/h1,4-5H,6H2,2H3. The molecule has 0 unspecified atom stereocenters. The number of ether oxygens (including phenoxy) is 1. The van der Waals surface area contributed by atoms with Gasteiger partial charge in [0.25, 0.3) is 0 Å². The SMILES string of the molecule is C#CCOc1ccn(C)n1. The molecule has 0 amide bonds. The zero-order valence-electron chi connectivity index (χ0n) is 5.74. The fourth-order valence-corrected chi connectivity index (χ4v) is 0.586. The number of hydrogen-bond acceptors (Lipinski definition) is 2. The number of nitrogens with zero attached hydrogens (tertiary/aromatic N) is 2. The lowest BCUT2D eigenvalue weighted by Crippen LogP contribution is -1.95. The zero-order chi connectivity index (χ0) is 7.40. The summed E-state index contributed by atoms with van der Waals surface area (Å²) < 4.78 is 6.67. The lowest BCUT2D eigenvalue weighted by atomic mass is 10.7. The van der Waals surface area contributed by atoms with Crippen molar-refractivity contribution in [3.05, 3.63) is 12.3 Å². The molecule has 0 N–H and O–H groups in total. The third-order valence-electron chi connectivity index (χ3n) is 0.993. The first kappa shape index (κ1) is 6.69. The molecule has 10 heavy (non-hydrogen) atoms. The van der Waals surface area contributed by atoms with E-state index < -0.39 is 0 Å². The summed E-state index contributed by atoms with van der Waals surface area (Å²) >= 11 is 0.